The van der Waals surface area contributed by atoms with Gasteiger partial charge in [-0.05, 0) is 6.07 Å². The van der Waals surface area contributed by atoms with Crippen molar-refractivity contribution < 1.29 is 0 Å². The second-order valence-corrected chi connectivity index (χ2v) is 3.23. The minimum Gasteiger partial charge on any atom is -0.285 e. The van der Waals surface area contributed by atoms with Crippen LogP contribution < -0.4 is 10.9 Å². The Morgan fingerprint density at radius 3 is 2.71 bits per heavy atom. The Morgan fingerprint density at radius 2 is 1.86 bits per heavy atom. The minimum absolute atomic E-state index is 0.436. The molecule has 3 rings (SSSR count). The van der Waals surface area contributed by atoms with E-state index in [-0.39, 0.29) is 0 Å². The fourth-order valence-corrected chi connectivity index (χ4v) is 1.76. The smallest absolute Gasteiger partial charge is 0.235 e. The maximum Gasteiger partial charge on any atom is 0.235 e. The molecular formula is C11H5NO2. The van der Waals surface area contributed by atoms with Crippen molar-refractivity contribution in [2.24, 2.45) is 0 Å². The molecule has 0 saturated heterocycles. The maximum atomic E-state index is 11.5. The van der Waals surface area contributed by atoms with Gasteiger partial charge in [0, 0.05) is 11.5 Å². The van der Waals surface area contributed by atoms with Gasteiger partial charge in [0.05, 0.1) is 16.8 Å². The van der Waals surface area contributed by atoms with Gasteiger partial charge in [-0.15, -0.1) is 0 Å². The van der Waals surface area contributed by atoms with Gasteiger partial charge < -0.3 is 0 Å². The highest BCUT2D eigenvalue weighted by Crippen LogP contribution is 2.26. The Bertz CT molecular complexity index is 677. The predicted molar refractivity (Wildman–Crippen MR) is 53.3 cm³/mol. The Morgan fingerprint density at radius 1 is 1.07 bits per heavy atom. The molecule has 0 N–H and O–H groups in total. The van der Waals surface area contributed by atoms with E-state index in [1.165, 1.54) is 6.07 Å². The molecule has 3 nitrogen and oxygen atoms in total. The summed E-state index contributed by atoms with van der Waals surface area (Å²) in [6.45, 7) is 0. The third-order valence-electron chi connectivity index (χ3n) is 2.39. The van der Waals surface area contributed by atoms with Crippen LogP contribution in [0.5, 0.6) is 0 Å². The van der Waals surface area contributed by atoms with Crippen LogP contribution in [0.3, 0.4) is 0 Å². The lowest BCUT2D eigenvalue weighted by Crippen LogP contribution is -2.16. The summed E-state index contributed by atoms with van der Waals surface area (Å²) in [5, 5.41) is 0.773. The highest BCUT2D eigenvalue weighted by molar-refractivity contribution is 5.97. The number of hydrogen-bond acceptors (Lipinski definition) is 3. The summed E-state index contributed by atoms with van der Waals surface area (Å²) >= 11 is 0. The van der Waals surface area contributed by atoms with Crippen LogP contribution in [0.25, 0.3) is 22.2 Å². The Kier molecular flexibility index (Phi) is 1.19. The first-order chi connectivity index (χ1) is 6.77. The molecule has 1 aromatic rings. The highest BCUT2D eigenvalue weighted by Gasteiger charge is 2.18. The zero-order valence-corrected chi connectivity index (χ0v) is 7.15. The molecule has 0 saturated carbocycles. The largest absolute Gasteiger partial charge is 0.285 e. The van der Waals surface area contributed by atoms with E-state index in [1.54, 1.807) is 0 Å². The molecule has 0 amide bonds. The quantitative estimate of drug-likeness (QED) is 0.487. The summed E-state index contributed by atoms with van der Waals surface area (Å²) in [4.78, 5) is 26.7. The van der Waals surface area contributed by atoms with Gasteiger partial charge in [0.2, 0.25) is 10.9 Å². The van der Waals surface area contributed by atoms with Crippen LogP contribution >= 0.6 is 0 Å². The summed E-state index contributed by atoms with van der Waals surface area (Å²) < 4.78 is 0. The summed E-state index contributed by atoms with van der Waals surface area (Å²) in [6.07, 6.45) is 0. The predicted octanol–water partition coefficient (Wildman–Crippen LogP) is 0.936. The van der Waals surface area contributed by atoms with E-state index < -0.39 is 10.9 Å². The average Bonchev–Trinajstić information content (AvgIpc) is 2.65. The lowest BCUT2D eigenvalue weighted by Gasteiger charge is -1.85. The van der Waals surface area contributed by atoms with E-state index >= 15 is 0 Å². The van der Waals surface area contributed by atoms with Crippen molar-refractivity contribution in [2.45, 2.75) is 0 Å². The molecule has 1 heterocycles. The van der Waals surface area contributed by atoms with Gasteiger partial charge in [-0.1, -0.05) is 18.2 Å². The van der Waals surface area contributed by atoms with E-state index in [4.69, 9.17) is 0 Å². The first-order valence-corrected chi connectivity index (χ1v) is 4.26. The van der Waals surface area contributed by atoms with Crippen molar-refractivity contribution in [2.75, 3.05) is 0 Å². The first kappa shape index (κ1) is 7.38. The normalized spacial score (nSPS) is 11.4. The molecule has 2 aliphatic rings. The van der Waals surface area contributed by atoms with E-state index in [0.29, 0.717) is 11.3 Å². The van der Waals surface area contributed by atoms with Crippen LogP contribution in [0.4, 0.5) is 0 Å². The van der Waals surface area contributed by atoms with Crippen LogP contribution in [-0.2, 0) is 0 Å². The molecule has 0 aromatic heterocycles. The number of fused-ring (bicyclic) bond motifs is 3. The van der Waals surface area contributed by atoms with Crippen molar-refractivity contribution >= 4 is 10.9 Å². The van der Waals surface area contributed by atoms with Crippen LogP contribution in [0, 0.1) is 0 Å². The molecule has 0 unspecified atom stereocenters. The van der Waals surface area contributed by atoms with E-state index in [0.717, 1.165) is 10.9 Å². The average molecular weight is 183 g/mol. The van der Waals surface area contributed by atoms with Crippen molar-refractivity contribution in [3.63, 3.8) is 0 Å². The summed E-state index contributed by atoms with van der Waals surface area (Å²) in [5.74, 6) is 0. The van der Waals surface area contributed by atoms with Crippen molar-refractivity contribution in [3.8, 4) is 11.3 Å². The van der Waals surface area contributed by atoms with E-state index in [9.17, 15) is 9.59 Å². The Hall–Kier alpha value is -2.03. The zero-order chi connectivity index (χ0) is 9.71. The van der Waals surface area contributed by atoms with E-state index in [1.807, 2.05) is 24.3 Å². The summed E-state index contributed by atoms with van der Waals surface area (Å²) in [5.41, 5.74) is 0.850. The number of benzene rings is 1. The number of aromatic nitrogens is 1. The van der Waals surface area contributed by atoms with E-state index in [2.05, 4.69) is 4.98 Å². The third kappa shape index (κ3) is 0.738. The fraction of sp³-hybridized carbons (Fsp3) is 0. The molecule has 66 valence electrons. The highest BCUT2D eigenvalue weighted by atomic mass is 16.2. The monoisotopic (exact) mass is 183 g/mol. The lowest BCUT2D eigenvalue weighted by molar-refractivity contribution is 1.48. The SMILES string of the molecule is O=c1cc2nc3ccccc3c-2c1=O. The van der Waals surface area contributed by atoms with Crippen LogP contribution in [0.1, 0.15) is 0 Å². The summed E-state index contributed by atoms with van der Waals surface area (Å²) in [7, 11) is 0. The van der Waals surface area contributed by atoms with Crippen LogP contribution in [0.15, 0.2) is 39.9 Å². The standard InChI is InChI=1S/C11H5NO2/c13-9-5-8-10(11(9)14)6-3-1-2-4-7(6)12-8/h1-5H. The molecule has 3 heteroatoms. The van der Waals surface area contributed by atoms with Crippen LogP contribution in [-0.4, -0.2) is 4.98 Å². The minimum atomic E-state index is -0.465. The van der Waals surface area contributed by atoms with Gasteiger partial charge >= 0.3 is 0 Å². The zero-order valence-electron chi connectivity index (χ0n) is 7.15. The van der Waals surface area contributed by atoms with Crippen molar-refractivity contribution in [1.29, 1.82) is 0 Å². The molecule has 14 heavy (non-hydrogen) atoms. The topological polar surface area (TPSA) is 47.0 Å². The molecule has 0 atom stereocenters. The van der Waals surface area contributed by atoms with Gasteiger partial charge in [0.25, 0.3) is 0 Å². The molecule has 0 fully saturated rings. The van der Waals surface area contributed by atoms with Crippen LogP contribution in [0.2, 0.25) is 0 Å². The number of hydrogen-bond donors (Lipinski definition) is 0. The number of rotatable bonds is 0. The molecule has 0 radical (unpaired) electrons. The van der Waals surface area contributed by atoms with Crippen molar-refractivity contribution in [1.82, 2.24) is 4.98 Å². The fourth-order valence-electron chi connectivity index (χ4n) is 1.76. The molecule has 1 aliphatic carbocycles. The van der Waals surface area contributed by atoms with Crippen molar-refractivity contribution in [3.05, 3.63) is 50.8 Å². The molecule has 1 aliphatic heterocycles. The Balaban J connectivity index is 2.68. The molecular weight excluding hydrogens is 178 g/mol. The second kappa shape index (κ2) is 2.26. The molecule has 0 bridgehead atoms. The lowest BCUT2D eigenvalue weighted by atomic mass is 10.1. The van der Waals surface area contributed by atoms with Gasteiger partial charge in [0.1, 0.15) is 0 Å². The number of para-hydroxylation sites is 1. The molecule has 1 aromatic carbocycles. The van der Waals surface area contributed by atoms with Gasteiger partial charge in [-0.25, -0.2) is 4.98 Å². The first-order valence-electron chi connectivity index (χ1n) is 4.26. The second-order valence-electron chi connectivity index (χ2n) is 3.23. The van der Waals surface area contributed by atoms with Gasteiger partial charge in [-0.3, -0.25) is 9.59 Å². The van der Waals surface area contributed by atoms with Gasteiger partial charge in [-0.2, -0.15) is 0 Å². The van der Waals surface area contributed by atoms with Gasteiger partial charge in [0.15, 0.2) is 0 Å². The summed E-state index contributed by atoms with van der Waals surface area (Å²) in [6, 6.07) is 8.64. The Labute approximate surface area is 78.7 Å². The third-order valence-corrected chi connectivity index (χ3v) is 2.39. The number of nitrogens with zero attached hydrogens (tertiary/aromatic N) is 1. The molecule has 0 spiro atoms. The maximum absolute atomic E-state index is 11.5.